The van der Waals surface area contributed by atoms with Crippen molar-refractivity contribution in [2.24, 2.45) is 0 Å². The van der Waals surface area contributed by atoms with Crippen LogP contribution in [0.3, 0.4) is 0 Å². The maximum Gasteiger partial charge on any atom is 0.338 e. The Hall–Kier alpha value is -3.68. The number of rotatable bonds is 7. The van der Waals surface area contributed by atoms with Crippen LogP contribution in [0, 0.1) is 13.8 Å². The SMILES string of the molecule is CCCCOC(=O)c1ccc(-n2c(C)cc(/C=C3/C(=O)NC(=O)N(C4CCCC4)C3=O)c2C)cc1. The summed E-state index contributed by atoms with van der Waals surface area (Å²) in [5.74, 6) is -1.56. The summed E-state index contributed by atoms with van der Waals surface area (Å²) in [5, 5.41) is 2.32. The summed E-state index contributed by atoms with van der Waals surface area (Å²) in [5.41, 5.74) is 3.73. The van der Waals surface area contributed by atoms with E-state index in [1.54, 1.807) is 18.2 Å². The number of barbiturate groups is 1. The number of hydrogen-bond donors (Lipinski definition) is 1. The molecular weight excluding hydrogens is 446 g/mol. The summed E-state index contributed by atoms with van der Waals surface area (Å²) < 4.78 is 7.26. The molecule has 35 heavy (non-hydrogen) atoms. The molecule has 1 aliphatic heterocycles. The van der Waals surface area contributed by atoms with Crippen molar-refractivity contribution < 1.29 is 23.9 Å². The molecule has 2 fully saturated rings. The molecule has 4 amide bonds. The minimum atomic E-state index is -0.676. The number of esters is 1. The number of unbranched alkanes of at least 4 members (excludes halogenated alkanes) is 1. The number of hydrogen-bond acceptors (Lipinski definition) is 5. The molecule has 1 N–H and O–H groups in total. The Morgan fingerprint density at radius 2 is 1.80 bits per heavy atom. The van der Waals surface area contributed by atoms with Crippen molar-refractivity contribution in [3.05, 3.63) is 58.4 Å². The number of amides is 4. The molecule has 0 spiro atoms. The standard InChI is InChI=1S/C27H31N3O5/c1-4-5-14-35-26(33)19-10-12-22(13-11-19)29-17(2)15-20(18(29)3)16-23-24(31)28-27(34)30(25(23)32)21-8-6-7-9-21/h10-13,15-16,21H,4-9,14H2,1-3H3,(H,28,31,34)/b23-16-. The molecule has 0 radical (unpaired) electrons. The maximum absolute atomic E-state index is 13.1. The van der Waals surface area contributed by atoms with Crippen LogP contribution in [-0.2, 0) is 14.3 Å². The second-order valence-electron chi connectivity index (χ2n) is 9.13. The van der Waals surface area contributed by atoms with Crippen LogP contribution in [0.25, 0.3) is 11.8 Å². The van der Waals surface area contributed by atoms with Gasteiger partial charge in [-0.15, -0.1) is 0 Å². The van der Waals surface area contributed by atoms with Gasteiger partial charge < -0.3 is 9.30 Å². The first-order valence-corrected chi connectivity index (χ1v) is 12.2. The van der Waals surface area contributed by atoms with Crippen molar-refractivity contribution in [3.63, 3.8) is 0 Å². The average molecular weight is 478 g/mol. The van der Waals surface area contributed by atoms with Gasteiger partial charge in [0.25, 0.3) is 11.8 Å². The number of imide groups is 2. The van der Waals surface area contributed by atoms with Gasteiger partial charge in [0.15, 0.2) is 0 Å². The Bertz CT molecular complexity index is 1190. The number of benzene rings is 1. The van der Waals surface area contributed by atoms with Crippen molar-refractivity contribution in [1.29, 1.82) is 0 Å². The molecule has 1 aromatic heterocycles. The normalized spacial score (nSPS) is 17.9. The summed E-state index contributed by atoms with van der Waals surface area (Å²) >= 11 is 0. The van der Waals surface area contributed by atoms with Gasteiger partial charge in [0, 0.05) is 23.1 Å². The Balaban J connectivity index is 1.60. The number of urea groups is 1. The van der Waals surface area contributed by atoms with Gasteiger partial charge in [0.05, 0.1) is 12.2 Å². The fourth-order valence-electron chi connectivity index (χ4n) is 4.79. The molecule has 1 saturated heterocycles. The third-order valence-electron chi connectivity index (χ3n) is 6.69. The van der Waals surface area contributed by atoms with Crippen LogP contribution in [0.15, 0.2) is 35.9 Å². The fourth-order valence-corrected chi connectivity index (χ4v) is 4.79. The predicted octanol–water partition coefficient (Wildman–Crippen LogP) is 4.46. The van der Waals surface area contributed by atoms with E-state index in [4.69, 9.17) is 4.74 Å². The van der Waals surface area contributed by atoms with Gasteiger partial charge in [-0.1, -0.05) is 26.2 Å². The van der Waals surface area contributed by atoms with Gasteiger partial charge >= 0.3 is 12.0 Å². The summed E-state index contributed by atoms with van der Waals surface area (Å²) in [6.45, 7) is 6.27. The van der Waals surface area contributed by atoms with E-state index in [1.165, 1.54) is 4.90 Å². The lowest BCUT2D eigenvalue weighted by Crippen LogP contribution is -2.57. The molecule has 1 aliphatic carbocycles. The van der Waals surface area contributed by atoms with E-state index in [0.29, 0.717) is 17.7 Å². The first-order valence-electron chi connectivity index (χ1n) is 12.2. The van der Waals surface area contributed by atoms with Gasteiger partial charge in [0.1, 0.15) is 5.57 Å². The van der Waals surface area contributed by atoms with E-state index in [1.807, 2.05) is 43.5 Å². The first-order chi connectivity index (χ1) is 16.8. The lowest BCUT2D eigenvalue weighted by Gasteiger charge is -2.31. The molecule has 184 valence electrons. The molecule has 8 heteroatoms. The molecule has 4 rings (SSSR count). The zero-order valence-corrected chi connectivity index (χ0v) is 20.4. The monoisotopic (exact) mass is 477 g/mol. The Labute approximate surface area is 204 Å². The molecule has 1 saturated carbocycles. The van der Waals surface area contributed by atoms with Crippen molar-refractivity contribution in [1.82, 2.24) is 14.8 Å². The maximum atomic E-state index is 13.1. The van der Waals surface area contributed by atoms with Gasteiger partial charge in [-0.3, -0.25) is 19.8 Å². The molecule has 8 nitrogen and oxygen atoms in total. The number of aromatic nitrogens is 1. The molecule has 0 bridgehead atoms. The highest BCUT2D eigenvalue weighted by atomic mass is 16.5. The first kappa shape index (κ1) is 24.4. The summed E-state index contributed by atoms with van der Waals surface area (Å²) in [6, 6.07) is 8.22. The van der Waals surface area contributed by atoms with Crippen molar-refractivity contribution in [2.75, 3.05) is 6.61 Å². The number of ether oxygens (including phenoxy) is 1. The lowest BCUT2D eigenvalue weighted by atomic mass is 10.1. The van der Waals surface area contributed by atoms with Gasteiger partial charge in [-0.2, -0.15) is 0 Å². The van der Waals surface area contributed by atoms with E-state index in [2.05, 4.69) is 5.32 Å². The van der Waals surface area contributed by atoms with Crippen LogP contribution in [0.5, 0.6) is 0 Å². The van der Waals surface area contributed by atoms with Crippen LogP contribution in [0.1, 0.15) is 72.8 Å². The largest absolute Gasteiger partial charge is 0.462 e. The highest BCUT2D eigenvalue weighted by Crippen LogP contribution is 2.28. The second-order valence-corrected chi connectivity index (χ2v) is 9.13. The summed E-state index contributed by atoms with van der Waals surface area (Å²) in [6.07, 6.45) is 6.80. The Morgan fingerprint density at radius 1 is 1.11 bits per heavy atom. The summed E-state index contributed by atoms with van der Waals surface area (Å²) in [7, 11) is 0. The van der Waals surface area contributed by atoms with Crippen LogP contribution >= 0.6 is 0 Å². The van der Waals surface area contributed by atoms with E-state index in [9.17, 15) is 19.2 Å². The number of nitrogens with zero attached hydrogens (tertiary/aromatic N) is 2. The van der Waals surface area contributed by atoms with Crippen LogP contribution in [0.2, 0.25) is 0 Å². The number of nitrogens with one attached hydrogen (secondary N) is 1. The highest BCUT2D eigenvalue weighted by Gasteiger charge is 2.40. The topological polar surface area (TPSA) is 97.7 Å². The van der Waals surface area contributed by atoms with Crippen molar-refractivity contribution >= 4 is 29.9 Å². The van der Waals surface area contributed by atoms with E-state index in [0.717, 1.165) is 55.6 Å². The van der Waals surface area contributed by atoms with E-state index < -0.39 is 17.8 Å². The third kappa shape index (κ3) is 4.92. The smallest absolute Gasteiger partial charge is 0.338 e. The number of carbonyl (C=O) groups is 4. The van der Waals surface area contributed by atoms with Crippen molar-refractivity contribution in [3.8, 4) is 5.69 Å². The highest BCUT2D eigenvalue weighted by molar-refractivity contribution is 6.31. The van der Waals surface area contributed by atoms with E-state index in [-0.39, 0.29) is 17.6 Å². The van der Waals surface area contributed by atoms with Gasteiger partial charge in [-0.25, -0.2) is 9.59 Å². The fraction of sp³-hybridized carbons (Fsp3) is 0.407. The van der Waals surface area contributed by atoms with Gasteiger partial charge in [-0.05, 0) is 75.1 Å². The minimum Gasteiger partial charge on any atom is -0.462 e. The zero-order chi connectivity index (χ0) is 25.1. The quantitative estimate of drug-likeness (QED) is 0.275. The molecule has 1 aromatic carbocycles. The molecule has 2 aliphatic rings. The minimum absolute atomic E-state index is 0.0399. The third-order valence-corrected chi connectivity index (χ3v) is 6.69. The number of carbonyl (C=O) groups excluding carboxylic acids is 4. The van der Waals surface area contributed by atoms with Gasteiger partial charge in [0.2, 0.25) is 0 Å². The van der Waals surface area contributed by atoms with Crippen molar-refractivity contribution in [2.45, 2.75) is 65.3 Å². The van der Waals surface area contributed by atoms with Crippen LogP contribution < -0.4 is 5.32 Å². The Morgan fingerprint density at radius 3 is 2.46 bits per heavy atom. The lowest BCUT2D eigenvalue weighted by molar-refractivity contribution is -0.131. The van der Waals surface area contributed by atoms with Crippen LogP contribution in [0.4, 0.5) is 4.79 Å². The van der Waals surface area contributed by atoms with E-state index >= 15 is 0 Å². The average Bonchev–Trinajstić information content (AvgIpc) is 3.44. The molecule has 2 heterocycles. The number of aryl methyl sites for hydroxylation is 1. The Kier molecular flexibility index (Phi) is 7.19. The van der Waals surface area contributed by atoms with Crippen LogP contribution in [-0.4, -0.2) is 45.9 Å². The molecule has 2 aromatic rings. The molecular formula is C27H31N3O5. The molecule has 0 unspecified atom stereocenters. The predicted molar refractivity (Wildman–Crippen MR) is 131 cm³/mol. The summed E-state index contributed by atoms with van der Waals surface area (Å²) in [4.78, 5) is 51.5. The zero-order valence-electron chi connectivity index (χ0n) is 20.4. The molecule has 0 atom stereocenters. The second kappa shape index (κ2) is 10.3.